The number of aromatic nitrogens is 1. The van der Waals surface area contributed by atoms with Crippen molar-refractivity contribution in [2.45, 2.75) is 31.7 Å². The van der Waals surface area contributed by atoms with Gasteiger partial charge in [-0.05, 0) is 13.3 Å². The minimum Gasteiger partial charge on any atom is -0.441 e. The number of benzene rings is 1. The summed E-state index contributed by atoms with van der Waals surface area (Å²) in [5.74, 6) is 1.11. The maximum absolute atomic E-state index is 12.1. The van der Waals surface area contributed by atoms with Gasteiger partial charge in [-0.1, -0.05) is 30.3 Å². The van der Waals surface area contributed by atoms with Crippen molar-refractivity contribution >= 4 is 15.7 Å². The van der Waals surface area contributed by atoms with E-state index in [9.17, 15) is 13.2 Å². The molecule has 1 aromatic carbocycles. The van der Waals surface area contributed by atoms with Gasteiger partial charge in [-0.15, -0.1) is 0 Å². The molecule has 1 saturated heterocycles. The van der Waals surface area contributed by atoms with Gasteiger partial charge in [0, 0.05) is 18.4 Å². The third-order valence-corrected chi connectivity index (χ3v) is 6.03. The monoisotopic (exact) mass is 348 g/mol. The molecule has 1 N–H and O–H groups in total. The van der Waals surface area contributed by atoms with Crippen molar-refractivity contribution < 1.29 is 17.6 Å². The lowest BCUT2D eigenvalue weighted by atomic mass is 10.0. The first-order valence-corrected chi connectivity index (χ1v) is 9.69. The second-order valence-electron chi connectivity index (χ2n) is 6.44. The van der Waals surface area contributed by atoms with E-state index in [1.54, 1.807) is 13.1 Å². The first kappa shape index (κ1) is 16.7. The lowest BCUT2D eigenvalue weighted by Gasteiger charge is -2.23. The normalized spacial score (nSPS) is 22.4. The average Bonchev–Trinajstić information content (AvgIpc) is 3.10. The zero-order valence-electron chi connectivity index (χ0n) is 13.5. The zero-order chi connectivity index (χ0) is 17.2. The number of rotatable bonds is 5. The Morgan fingerprint density at radius 3 is 2.75 bits per heavy atom. The number of carbonyl (C=O) groups excluding carboxylic acids is 1. The van der Waals surface area contributed by atoms with Gasteiger partial charge in [-0.25, -0.2) is 13.4 Å². The number of nitrogens with zero attached hydrogens (tertiary/aromatic N) is 1. The van der Waals surface area contributed by atoms with E-state index in [1.807, 2.05) is 30.3 Å². The van der Waals surface area contributed by atoms with Crippen molar-refractivity contribution in [3.63, 3.8) is 0 Å². The molecule has 1 aliphatic rings. The van der Waals surface area contributed by atoms with Crippen LogP contribution in [-0.2, 0) is 21.1 Å². The van der Waals surface area contributed by atoms with Crippen LogP contribution >= 0.6 is 0 Å². The Labute approximate surface area is 141 Å². The third-order valence-electron chi connectivity index (χ3n) is 4.12. The van der Waals surface area contributed by atoms with Gasteiger partial charge in [0.25, 0.3) is 0 Å². The number of nitrogens with one attached hydrogen (secondary N) is 1. The fourth-order valence-electron chi connectivity index (χ4n) is 2.89. The van der Waals surface area contributed by atoms with Crippen LogP contribution in [-0.4, -0.2) is 36.4 Å². The summed E-state index contributed by atoms with van der Waals surface area (Å²) in [4.78, 5) is 16.3. The van der Waals surface area contributed by atoms with Crippen molar-refractivity contribution in [3.8, 4) is 11.3 Å². The highest BCUT2D eigenvalue weighted by Crippen LogP contribution is 2.23. The van der Waals surface area contributed by atoms with Crippen LogP contribution in [0, 0.1) is 0 Å². The topological polar surface area (TPSA) is 89.3 Å². The summed E-state index contributed by atoms with van der Waals surface area (Å²) in [7, 11) is -3.04. The van der Waals surface area contributed by atoms with Gasteiger partial charge in [0.05, 0.1) is 23.2 Å². The Kier molecular flexibility index (Phi) is 4.45. The second kappa shape index (κ2) is 6.39. The molecule has 1 atom stereocenters. The average molecular weight is 348 g/mol. The largest absolute Gasteiger partial charge is 0.441 e. The van der Waals surface area contributed by atoms with Crippen LogP contribution in [0.1, 0.15) is 25.7 Å². The summed E-state index contributed by atoms with van der Waals surface area (Å²) in [5.41, 5.74) is 0.270. The van der Waals surface area contributed by atoms with Crippen LogP contribution in [0.5, 0.6) is 0 Å². The molecule has 7 heteroatoms. The van der Waals surface area contributed by atoms with Gasteiger partial charge in [-0.3, -0.25) is 4.79 Å². The standard InChI is InChI=1S/C17H20N2O4S/c1-17(9-10-24(21,22)12-17)19-15(20)7-8-16-18-11-14(23-16)13-5-3-2-4-6-13/h2-6,11H,7-10,12H2,1H3,(H,19,20). The summed E-state index contributed by atoms with van der Waals surface area (Å²) in [5, 5.41) is 2.83. The summed E-state index contributed by atoms with van der Waals surface area (Å²) < 4.78 is 28.8. The van der Waals surface area contributed by atoms with Gasteiger partial charge >= 0.3 is 0 Å². The molecule has 1 fully saturated rings. The van der Waals surface area contributed by atoms with Crippen molar-refractivity contribution in [2.75, 3.05) is 11.5 Å². The molecular weight excluding hydrogens is 328 g/mol. The summed E-state index contributed by atoms with van der Waals surface area (Å²) in [6.45, 7) is 1.77. The SMILES string of the molecule is CC1(NC(=O)CCc2ncc(-c3ccccc3)o2)CCS(=O)(=O)C1. The van der Waals surface area contributed by atoms with E-state index in [4.69, 9.17) is 4.42 Å². The lowest BCUT2D eigenvalue weighted by Crippen LogP contribution is -2.47. The second-order valence-corrected chi connectivity index (χ2v) is 8.62. The number of aryl methyl sites for hydroxylation is 1. The van der Waals surface area contributed by atoms with Crippen LogP contribution in [0.3, 0.4) is 0 Å². The van der Waals surface area contributed by atoms with E-state index in [2.05, 4.69) is 10.3 Å². The molecule has 3 rings (SSSR count). The summed E-state index contributed by atoms with van der Waals surface area (Å²) >= 11 is 0. The highest BCUT2D eigenvalue weighted by molar-refractivity contribution is 7.91. The van der Waals surface area contributed by atoms with Gasteiger partial charge in [0.2, 0.25) is 5.91 Å². The Morgan fingerprint density at radius 1 is 1.33 bits per heavy atom. The van der Waals surface area contributed by atoms with E-state index in [-0.39, 0.29) is 23.8 Å². The van der Waals surface area contributed by atoms with Crippen LogP contribution in [0.15, 0.2) is 40.9 Å². The zero-order valence-corrected chi connectivity index (χ0v) is 14.3. The Balaban J connectivity index is 1.55. The number of carbonyl (C=O) groups is 1. The fourth-order valence-corrected chi connectivity index (χ4v) is 4.98. The van der Waals surface area contributed by atoms with Crippen molar-refractivity contribution in [2.24, 2.45) is 0 Å². The molecule has 1 aromatic heterocycles. The molecule has 0 bridgehead atoms. The smallest absolute Gasteiger partial charge is 0.220 e. The first-order valence-electron chi connectivity index (χ1n) is 7.87. The number of hydrogen-bond donors (Lipinski definition) is 1. The molecule has 0 aliphatic carbocycles. The molecule has 0 radical (unpaired) electrons. The van der Waals surface area contributed by atoms with Gasteiger partial charge in [-0.2, -0.15) is 0 Å². The van der Waals surface area contributed by atoms with E-state index in [1.165, 1.54) is 0 Å². The van der Waals surface area contributed by atoms with Crippen LogP contribution in [0.25, 0.3) is 11.3 Å². The molecule has 0 saturated carbocycles. The maximum Gasteiger partial charge on any atom is 0.220 e. The molecular formula is C17H20N2O4S. The van der Waals surface area contributed by atoms with E-state index in [0.29, 0.717) is 24.5 Å². The van der Waals surface area contributed by atoms with Crippen LogP contribution < -0.4 is 5.32 Å². The van der Waals surface area contributed by atoms with Gasteiger partial charge in [0.15, 0.2) is 21.5 Å². The maximum atomic E-state index is 12.1. The molecule has 2 heterocycles. The number of hydrogen-bond acceptors (Lipinski definition) is 5. The fraction of sp³-hybridized carbons (Fsp3) is 0.412. The summed E-state index contributed by atoms with van der Waals surface area (Å²) in [6.07, 6.45) is 2.69. The van der Waals surface area contributed by atoms with E-state index < -0.39 is 15.4 Å². The lowest BCUT2D eigenvalue weighted by molar-refractivity contribution is -0.122. The Bertz CT molecular complexity index is 829. The number of oxazole rings is 1. The quantitative estimate of drug-likeness (QED) is 0.892. The minimum atomic E-state index is -3.04. The molecule has 1 amide bonds. The van der Waals surface area contributed by atoms with Gasteiger partial charge in [0.1, 0.15) is 0 Å². The predicted molar refractivity (Wildman–Crippen MR) is 90.1 cm³/mol. The first-order chi connectivity index (χ1) is 11.4. The minimum absolute atomic E-state index is 0.00287. The van der Waals surface area contributed by atoms with Crippen LogP contribution in [0.4, 0.5) is 0 Å². The van der Waals surface area contributed by atoms with E-state index in [0.717, 1.165) is 5.56 Å². The molecule has 6 nitrogen and oxygen atoms in total. The van der Waals surface area contributed by atoms with Crippen molar-refractivity contribution in [1.82, 2.24) is 10.3 Å². The third kappa shape index (κ3) is 4.03. The Morgan fingerprint density at radius 2 is 2.08 bits per heavy atom. The van der Waals surface area contributed by atoms with Crippen molar-refractivity contribution in [3.05, 3.63) is 42.4 Å². The molecule has 2 aromatic rings. The number of amides is 1. The molecule has 24 heavy (non-hydrogen) atoms. The number of sulfone groups is 1. The van der Waals surface area contributed by atoms with Crippen molar-refractivity contribution in [1.29, 1.82) is 0 Å². The molecule has 0 spiro atoms. The molecule has 128 valence electrons. The molecule has 1 unspecified atom stereocenters. The van der Waals surface area contributed by atoms with E-state index >= 15 is 0 Å². The highest BCUT2D eigenvalue weighted by atomic mass is 32.2. The predicted octanol–water partition coefficient (Wildman–Crippen LogP) is 1.97. The van der Waals surface area contributed by atoms with Gasteiger partial charge < -0.3 is 9.73 Å². The highest BCUT2D eigenvalue weighted by Gasteiger charge is 2.39. The Hall–Kier alpha value is -2.15. The summed E-state index contributed by atoms with van der Waals surface area (Å²) in [6, 6.07) is 9.62. The molecule has 1 aliphatic heterocycles. The van der Waals surface area contributed by atoms with Crippen LogP contribution in [0.2, 0.25) is 0 Å².